The monoisotopic (exact) mass is 482 g/mol. The summed E-state index contributed by atoms with van der Waals surface area (Å²) in [5, 5.41) is 4.06. The Kier molecular flexibility index (Phi) is 5.89. The van der Waals surface area contributed by atoms with Gasteiger partial charge in [-0.05, 0) is 49.8 Å². The third kappa shape index (κ3) is 4.50. The molecule has 1 unspecified atom stereocenters. The maximum atomic E-state index is 15.0. The average Bonchev–Trinajstić information content (AvgIpc) is 3.59. The molecule has 2 saturated heterocycles. The van der Waals surface area contributed by atoms with Crippen LogP contribution in [0.5, 0.6) is 5.75 Å². The van der Waals surface area contributed by atoms with Gasteiger partial charge in [-0.1, -0.05) is 0 Å². The van der Waals surface area contributed by atoms with Crippen molar-refractivity contribution in [2.24, 2.45) is 0 Å². The Labute approximate surface area is 201 Å². The largest absolute Gasteiger partial charge is 0.490 e. The lowest BCUT2D eigenvalue weighted by Crippen LogP contribution is -2.38. The van der Waals surface area contributed by atoms with Gasteiger partial charge in [0.15, 0.2) is 0 Å². The summed E-state index contributed by atoms with van der Waals surface area (Å²) in [5.74, 6) is -0.857. The molecular formula is C26H28F2N4O3. The van der Waals surface area contributed by atoms with Crippen molar-refractivity contribution in [2.75, 3.05) is 32.8 Å². The van der Waals surface area contributed by atoms with Crippen LogP contribution in [0.15, 0.2) is 30.5 Å². The summed E-state index contributed by atoms with van der Waals surface area (Å²) in [7, 11) is 0. The molecule has 1 aromatic carbocycles. The van der Waals surface area contributed by atoms with Gasteiger partial charge in [0.05, 0.1) is 24.5 Å². The van der Waals surface area contributed by atoms with Crippen LogP contribution in [-0.2, 0) is 4.74 Å². The van der Waals surface area contributed by atoms with E-state index in [0.29, 0.717) is 56.0 Å². The number of morpholine rings is 1. The number of carbonyl (C=O) groups is 1. The zero-order chi connectivity index (χ0) is 23.9. The first-order valence-corrected chi connectivity index (χ1v) is 12.3. The van der Waals surface area contributed by atoms with Crippen LogP contribution < -0.4 is 10.1 Å². The van der Waals surface area contributed by atoms with Gasteiger partial charge in [0.2, 0.25) is 0 Å². The second-order valence-electron chi connectivity index (χ2n) is 9.60. The fraction of sp³-hybridized carbons (Fsp3) is 0.462. The highest BCUT2D eigenvalue weighted by molar-refractivity contribution is 5.94. The smallest absolute Gasteiger partial charge is 0.256 e. The SMILES string of the molecule is O=C(c1ccc(OC2CC2)cc1F)N1CCC(c2c(F)cnc3[nH]c(C4CNCCO4)cc23)CC1. The van der Waals surface area contributed by atoms with Crippen molar-refractivity contribution >= 4 is 16.9 Å². The number of hydrogen-bond donors (Lipinski definition) is 2. The number of pyridine rings is 1. The first-order valence-electron chi connectivity index (χ1n) is 12.3. The summed E-state index contributed by atoms with van der Waals surface area (Å²) in [6.07, 6.45) is 4.45. The van der Waals surface area contributed by atoms with E-state index in [4.69, 9.17) is 9.47 Å². The minimum atomic E-state index is -0.573. The van der Waals surface area contributed by atoms with Gasteiger partial charge in [-0.3, -0.25) is 4.79 Å². The number of hydrogen-bond acceptors (Lipinski definition) is 5. The third-order valence-corrected chi connectivity index (χ3v) is 7.14. The number of ether oxygens (including phenoxy) is 2. The number of H-pyrrole nitrogens is 1. The molecule has 184 valence electrons. The Hall–Kier alpha value is -3.04. The molecule has 0 bridgehead atoms. The van der Waals surface area contributed by atoms with Gasteiger partial charge in [-0.15, -0.1) is 0 Å². The van der Waals surface area contributed by atoms with Crippen LogP contribution in [0.25, 0.3) is 11.0 Å². The van der Waals surface area contributed by atoms with Gasteiger partial charge < -0.3 is 24.7 Å². The van der Waals surface area contributed by atoms with Gasteiger partial charge in [0.25, 0.3) is 5.91 Å². The summed E-state index contributed by atoms with van der Waals surface area (Å²) in [6.45, 7) is 2.99. The zero-order valence-electron chi connectivity index (χ0n) is 19.4. The molecule has 6 rings (SSSR count). The van der Waals surface area contributed by atoms with E-state index in [0.717, 1.165) is 30.5 Å². The number of piperidine rings is 1. The van der Waals surface area contributed by atoms with Crippen molar-refractivity contribution in [3.63, 3.8) is 0 Å². The topological polar surface area (TPSA) is 79.5 Å². The van der Waals surface area contributed by atoms with Crippen LogP contribution in [0, 0.1) is 11.6 Å². The number of aromatic nitrogens is 2. The number of nitrogens with zero attached hydrogens (tertiary/aromatic N) is 2. The maximum Gasteiger partial charge on any atom is 0.256 e. The van der Waals surface area contributed by atoms with E-state index in [1.165, 1.54) is 18.3 Å². The van der Waals surface area contributed by atoms with Crippen molar-refractivity contribution < 1.29 is 23.0 Å². The van der Waals surface area contributed by atoms with Gasteiger partial charge in [0.1, 0.15) is 29.1 Å². The quantitative estimate of drug-likeness (QED) is 0.573. The number of nitrogens with one attached hydrogen (secondary N) is 2. The summed E-state index contributed by atoms with van der Waals surface area (Å²) in [6, 6.07) is 6.38. The molecule has 3 fully saturated rings. The minimum absolute atomic E-state index is 0.0421. The van der Waals surface area contributed by atoms with Crippen LogP contribution in [0.4, 0.5) is 8.78 Å². The average molecular weight is 483 g/mol. The van der Waals surface area contributed by atoms with Crippen molar-refractivity contribution in [1.29, 1.82) is 0 Å². The number of fused-ring (bicyclic) bond motifs is 1. The van der Waals surface area contributed by atoms with Gasteiger partial charge >= 0.3 is 0 Å². The van der Waals surface area contributed by atoms with Gasteiger partial charge in [0, 0.05) is 48.9 Å². The van der Waals surface area contributed by atoms with Crippen molar-refractivity contribution in [3.8, 4) is 5.75 Å². The van der Waals surface area contributed by atoms with Crippen LogP contribution in [-0.4, -0.2) is 59.7 Å². The fourth-order valence-electron chi connectivity index (χ4n) is 5.11. The number of benzene rings is 1. The lowest BCUT2D eigenvalue weighted by molar-refractivity contribution is 0.0254. The number of rotatable bonds is 5. The predicted molar refractivity (Wildman–Crippen MR) is 126 cm³/mol. The highest BCUT2D eigenvalue weighted by Gasteiger charge is 2.30. The molecule has 4 heterocycles. The molecule has 3 aromatic rings. The molecule has 2 aliphatic heterocycles. The van der Waals surface area contributed by atoms with Crippen molar-refractivity contribution in [3.05, 3.63) is 58.9 Å². The van der Waals surface area contributed by atoms with Crippen LogP contribution in [0.1, 0.15) is 59.3 Å². The predicted octanol–water partition coefficient (Wildman–Crippen LogP) is 4.06. The van der Waals surface area contributed by atoms with Crippen LogP contribution >= 0.6 is 0 Å². The number of amides is 1. The Bertz CT molecular complexity index is 1240. The molecule has 1 aliphatic carbocycles. The Morgan fingerprint density at radius 1 is 1.11 bits per heavy atom. The van der Waals surface area contributed by atoms with Crippen LogP contribution in [0.3, 0.4) is 0 Å². The molecule has 35 heavy (non-hydrogen) atoms. The fourth-order valence-corrected chi connectivity index (χ4v) is 5.11. The molecule has 1 amide bonds. The summed E-state index contributed by atoms with van der Waals surface area (Å²) in [4.78, 5) is 22.2. The summed E-state index contributed by atoms with van der Waals surface area (Å²) < 4.78 is 41.1. The number of aromatic amines is 1. The van der Waals surface area contributed by atoms with Crippen molar-refractivity contribution in [2.45, 2.75) is 43.8 Å². The molecule has 1 saturated carbocycles. The molecule has 9 heteroatoms. The highest BCUT2D eigenvalue weighted by atomic mass is 19.1. The Morgan fingerprint density at radius 3 is 2.66 bits per heavy atom. The van der Waals surface area contributed by atoms with Crippen LogP contribution in [0.2, 0.25) is 0 Å². The number of carbonyl (C=O) groups excluding carboxylic acids is 1. The van der Waals surface area contributed by atoms with E-state index in [1.807, 2.05) is 6.07 Å². The molecule has 2 aromatic heterocycles. The maximum absolute atomic E-state index is 15.0. The van der Waals surface area contributed by atoms with E-state index in [-0.39, 0.29) is 35.4 Å². The van der Waals surface area contributed by atoms with E-state index in [2.05, 4.69) is 15.3 Å². The highest BCUT2D eigenvalue weighted by Crippen LogP contribution is 2.36. The van der Waals surface area contributed by atoms with E-state index in [1.54, 1.807) is 11.0 Å². The number of likely N-dealkylation sites (tertiary alicyclic amines) is 1. The lowest BCUT2D eigenvalue weighted by Gasteiger charge is -2.32. The second-order valence-corrected chi connectivity index (χ2v) is 9.60. The van der Waals surface area contributed by atoms with Crippen molar-refractivity contribution in [1.82, 2.24) is 20.2 Å². The summed E-state index contributed by atoms with van der Waals surface area (Å²) >= 11 is 0. The zero-order valence-corrected chi connectivity index (χ0v) is 19.4. The van der Waals surface area contributed by atoms with Gasteiger partial charge in [-0.25, -0.2) is 13.8 Å². The molecule has 3 aliphatic rings. The van der Waals surface area contributed by atoms with E-state index in [9.17, 15) is 13.6 Å². The third-order valence-electron chi connectivity index (χ3n) is 7.14. The first-order chi connectivity index (χ1) is 17.1. The Balaban J connectivity index is 1.17. The normalized spacial score (nSPS) is 21.4. The molecule has 0 radical (unpaired) electrons. The molecule has 1 atom stereocenters. The number of halogens is 2. The molecule has 0 spiro atoms. The minimum Gasteiger partial charge on any atom is -0.490 e. The molecule has 7 nitrogen and oxygen atoms in total. The first kappa shape index (κ1) is 22.4. The van der Waals surface area contributed by atoms with E-state index < -0.39 is 5.82 Å². The van der Waals surface area contributed by atoms with Gasteiger partial charge in [-0.2, -0.15) is 0 Å². The summed E-state index contributed by atoms with van der Waals surface area (Å²) in [5.41, 5.74) is 2.19. The molecular weight excluding hydrogens is 454 g/mol. The van der Waals surface area contributed by atoms with E-state index >= 15 is 0 Å². The lowest BCUT2D eigenvalue weighted by atomic mass is 9.87. The second kappa shape index (κ2) is 9.20. The Morgan fingerprint density at radius 2 is 1.94 bits per heavy atom. The standard InChI is InChI=1S/C26H28F2N4O3/c27-20-11-17(35-16-1-2-16)3-4-18(20)26(33)32-8-5-15(6-9-32)24-19-12-22(23-14-29-7-10-34-23)31-25(19)30-13-21(24)28/h3-4,11-13,15-16,23,29H,1-2,5-10,14H2,(H,30,31). The molecule has 2 N–H and O–H groups in total.